The molecule has 39 heavy (non-hydrogen) atoms. The Labute approximate surface area is 226 Å². The number of aryl methyl sites for hydroxylation is 2. The summed E-state index contributed by atoms with van der Waals surface area (Å²) in [6, 6.07) is 5.53. The molecular formula is C28H37F3N6O2. The molecule has 0 amide bonds. The van der Waals surface area contributed by atoms with Crippen molar-refractivity contribution >= 4 is 17.0 Å². The summed E-state index contributed by atoms with van der Waals surface area (Å²) in [5, 5.41) is 0. The number of hydrogen-bond acceptors (Lipinski definition) is 6. The van der Waals surface area contributed by atoms with Crippen molar-refractivity contribution in [3.05, 3.63) is 51.7 Å². The van der Waals surface area contributed by atoms with Gasteiger partial charge in [-0.2, -0.15) is 18.2 Å². The molecule has 2 saturated heterocycles. The maximum Gasteiger partial charge on any atom is 0.416 e. The van der Waals surface area contributed by atoms with E-state index in [1.165, 1.54) is 0 Å². The topological polar surface area (TPSA) is 68.4 Å². The first-order chi connectivity index (χ1) is 18.5. The van der Waals surface area contributed by atoms with Gasteiger partial charge in [-0.05, 0) is 57.7 Å². The van der Waals surface area contributed by atoms with Crippen molar-refractivity contribution in [3.63, 3.8) is 0 Å². The zero-order valence-electron chi connectivity index (χ0n) is 23.2. The first-order valence-corrected chi connectivity index (χ1v) is 13.7. The zero-order valence-corrected chi connectivity index (χ0v) is 23.2. The van der Waals surface area contributed by atoms with E-state index in [1.54, 1.807) is 23.7 Å². The van der Waals surface area contributed by atoms with Crippen LogP contribution in [0.4, 0.5) is 19.0 Å². The molecule has 0 aliphatic carbocycles. The van der Waals surface area contributed by atoms with E-state index in [9.17, 15) is 18.0 Å². The number of alkyl halides is 3. The van der Waals surface area contributed by atoms with Gasteiger partial charge in [0, 0.05) is 44.9 Å². The van der Waals surface area contributed by atoms with Crippen LogP contribution in [0.15, 0.2) is 29.1 Å². The molecule has 0 spiro atoms. The standard InChI is InChI=1S/C28H37F3N6O2/c1-6-22-15-35(17(2)14-36(22)18(3)20-9-11-21(12-10-20)28(29,30)31)25-24-26(34(5)27(38)33-25)37(19(4)32-24)16-23-8-7-13-39-23/h9-12,17-18,22-23H,6-8,13-16H2,1-5H3/t17-,18+,22+,23-/m0/s1. The molecule has 212 valence electrons. The number of hydrogen-bond donors (Lipinski definition) is 0. The fourth-order valence-corrected chi connectivity index (χ4v) is 6.10. The summed E-state index contributed by atoms with van der Waals surface area (Å²) >= 11 is 0. The Morgan fingerprint density at radius 1 is 1.15 bits per heavy atom. The molecule has 2 aromatic heterocycles. The molecule has 0 unspecified atom stereocenters. The fraction of sp³-hybridized carbons (Fsp3) is 0.607. The van der Waals surface area contributed by atoms with Crippen LogP contribution in [-0.2, 0) is 24.5 Å². The lowest BCUT2D eigenvalue weighted by Crippen LogP contribution is -2.58. The Balaban J connectivity index is 1.45. The number of fused-ring (bicyclic) bond motifs is 1. The first-order valence-electron chi connectivity index (χ1n) is 13.7. The van der Waals surface area contributed by atoms with Gasteiger partial charge in [-0.3, -0.25) is 9.47 Å². The SMILES string of the molecule is CC[C@@H]1CN(c2nc(=O)n(C)c3c2nc(C)n3C[C@@H]2CCCO2)[C@@H](C)CN1[C@H](C)c1ccc(C(F)(F)F)cc1. The van der Waals surface area contributed by atoms with Gasteiger partial charge in [0.15, 0.2) is 5.82 Å². The third kappa shape index (κ3) is 5.18. The Morgan fingerprint density at radius 3 is 2.49 bits per heavy atom. The third-order valence-electron chi connectivity index (χ3n) is 8.40. The molecule has 1 aromatic carbocycles. The van der Waals surface area contributed by atoms with Crippen LogP contribution in [0.5, 0.6) is 0 Å². The van der Waals surface area contributed by atoms with Gasteiger partial charge in [0.2, 0.25) is 0 Å². The number of benzene rings is 1. The molecule has 5 rings (SSSR count). The van der Waals surface area contributed by atoms with Crippen molar-refractivity contribution in [2.24, 2.45) is 7.05 Å². The average Bonchev–Trinajstić information content (AvgIpc) is 3.53. The highest BCUT2D eigenvalue weighted by Crippen LogP contribution is 2.35. The molecule has 0 saturated carbocycles. The number of ether oxygens (including phenoxy) is 1. The largest absolute Gasteiger partial charge is 0.416 e. The highest BCUT2D eigenvalue weighted by Gasteiger charge is 2.37. The number of rotatable bonds is 6. The normalized spacial score (nSPS) is 23.6. The average molecular weight is 547 g/mol. The second-order valence-electron chi connectivity index (χ2n) is 10.9. The monoisotopic (exact) mass is 546 g/mol. The van der Waals surface area contributed by atoms with Gasteiger partial charge in [-0.1, -0.05) is 19.1 Å². The summed E-state index contributed by atoms with van der Waals surface area (Å²) < 4.78 is 48.7. The minimum absolute atomic E-state index is 0.0103. The third-order valence-corrected chi connectivity index (χ3v) is 8.40. The van der Waals surface area contributed by atoms with E-state index in [0.717, 1.165) is 55.0 Å². The zero-order chi connectivity index (χ0) is 28.1. The van der Waals surface area contributed by atoms with Gasteiger partial charge < -0.3 is 14.2 Å². The summed E-state index contributed by atoms with van der Waals surface area (Å²) in [4.78, 5) is 27.0. The van der Waals surface area contributed by atoms with Crippen molar-refractivity contribution in [2.45, 2.75) is 83.9 Å². The highest BCUT2D eigenvalue weighted by atomic mass is 19.4. The highest BCUT2D eigenvalue weighted by molar-refractivity contribution is 5.84. The molecule has 4 atom stereocenters. The van der Waals surface area contributed by atoms with E-state index in [2.05, 4.69) is 33.2 Å². The molecule has 2 fully saturated rings. The lowest BCUT2D eigenvalue weighted by Gasteiger charge is -2.48. The number of aromatic nitrogens is 4. The molecule has 0 N–H and O–H groups in total. The molecule has 0 radical (unpaired) electrons. The van der Waals surface area contributed by atoms with Crippen LogP contribution >= 0.6 is 0 Å². The van der Waals surface area contributed by atoms with Gasteiger partial charge >= 0.3 is 11.9 Å². The summed E-state index contributed by atoms with van der Waals surface area (Å²) in [6.07, 6.45) is -1.39. The Bertz CT molecular complexity index is 1380. The first kappa shape index (κ1) is 27.6. The molecule has 2 aliphatic rings. The summed E-state index contributed by atoms with van der Waals surface area (Å²) in [7, 11) is 1.73. The van der Waals surface area contributed by atoms with Crippen LogP contribution < -0.4 is 10.6 Å². The maximum atomic E-state index is 13.1. The fourth-order valence-electron chi connectivity index (χ4n) is 6.10. The van der Waals surface area contributed by atoms with Gasteiger partial charge in [0.1, 0.15) is 17.0 Å². The van der Waals surface area contributed by atoms with Gasteiger partial charge in [-0.15, -0.1) is 0 Å². The number of piperazine rings is 1. The molecule has 2 aliphatic heterocycles. The van der Waals surface area contributed by atoms with E-state index >= 15 is 0 Å². The van der Waals surface area contributed by atoms with Crippen LogP contribution in [0, 0.1) is 6.92 Å². The Hall–Kier alpha value is -2.92. The molecule has 4 heterocycles. The van der Waals surface area contributed by atoms with E-state index < -0.39 is 11.7 Å². The lowest BCUT2D eigenvalue weighted by atomic mass is 9.98. The predicted octanol–water partition coefficient (Wildman–Crippen LogP) is 4.69. The van der Waals surface area contributed by atoms with Crippen LogP contribution in [-0.4, -0.2) is 61.9 Å². The van der Waals surface area contributed by atoms with E-state index in [4.69, 9.17) is 9.72 Å². The Kier molecular flexibility index (Phi) is 7.49. The maximum absolute atomic E-state index is 13.1. The van der Waals surface area contributed by atoms with E-state index in [0.29, 0.717) is 31.0 Å². The minimum Gasteiger partial charge on any atom is -0.376 e. The van der Waals surface area contributed by atoms with Crippen molar-refractivity contribution < 1.29 is 17.9 Å². The summed E-state index contributed by atoms with van der Waals surface area (Å²) in [5.41, 5.74) is 1.34. The van der Waals surface area contributed by atoms with Crippen LogP contribution in [0.25, 0.3) is 11.2 Å². The van der Waals surface area contributed by atoms with E-state index in [1.807, 2.05) is 13.8 Å². The van der Waals surface area contributed by atoms with Crippen LogP contribution in [0.1, 0.15) is 63.0 Å². The van der Waals surface area contributed by atoms with Crippen LogP contribution in [0.3, 0.4) is 0 Å². The number of anilines is 1. The molecule has 8 nitrogen and oxygen atoms in total. The quantitative estimate of drug-likeness (QED) is 0.447. The van der Waals surface area contributed by atoms with Crippen LogP contribution in [0.2, 0.25) is 0 Å². The van der Waals surface area contributed by atoms with Gasteiger partial charge in [-0.25, -0.2) is 9.78 Å². The van der Waals surface area contributed by atoms with Crippen molar-refractivity contribution in [3.8, 4) is 0 Å². The van der Waals surface area contributed by atoms with Crippen molar-refractivity contribution in [1.29, 1.82) is 0 Å². The molecule has 3 aromatic rings. The molecular weight excluding hydrogens is 509 g/mol. The predicted molar refractivity (Wildman–Crippen MR) is 144 cm³/mol. The lowest BCUT2D eigenvalue weighted by molar-refractivity contribution is -0.137. The minimum atomic E-state index is -4.35. The van der Waals surface area contributed by atoms with Gasteiger partial charge in [0.25, 0.3) is 0 Å². The molecule has 0 bridgehead atoms. The number of imidazole rings is 1. The van der Waals surface area contributed by atoms with Gasteiger partial charge in [0.05, 0.1) is 18.2 Å². The summed E-state index contributed by atoms with van der Waals surface area (Å²) in [6.45, 7) is 10.9. The van der Waals surface area contributed by atoms with E-state index in [-0.39, 0.29) is 29.9 Å². The second-order valence-corrected chi connectivity index (χ2v) is 10.9. The number of halogens is 3. The van der Waals surface area contributed by atoms with Crippen molar-refractivity contribution in [1.82, 2.24) is 24.0 Å². The number of nitrogens with zero attached hydrogens (tertiary/aromatic N) is 6. The molecule has 11 heteroatoms. The smallest absolute Gasteiger partial charge is 0.376 e. The summed E-state index contributed by atoms with van der Waals surface area (Å²) in [5.74, 6) is 1.41. The van der Waals surface area contributed by atoms with Crippen molar-refractivity contribution in [2.75, 3.05) is 24.6 Å². The second kappa shape index (κ2) is 10.6. The Morgan fingerprint density at radius 2 is 1.87 bits per heavy atom.